The maximum atomic E-state index is 13.7. The molecule has 0 aliphatic carbocycles. The van der Waals surface area contributed by atoms with Gasteiger partial charge in [0, 0.05) is 20.3 Å². The van der Waals surface area contributed by atoms with E-state index in [4.69, 9.17) is 4.98 Å². The molecule has 0 saturated carbocycles. The summed E-state index contributed by atoms with van der Waals surface area (Å²) < 4.78 is 16.2. The van der Waals surface area contributed by atoms with Gasteiger partial charge in [0.05, 0.1) is 23.1 Å². The van der Waals surface area contributed by atoms with E-state index < -0.39 is 0 Å². The van der Waals surface area contributed by atoms with Gasteiger partial charge in [-0.05, 0) is 89.3 Å². The van der Waals surface area contributed by atoms with Crippen LogP contribution in [0.1, 0.15) is 0 Å². The Morgan fingerprint density at radius 2 is 1.77 bits per heavy atom. The predicted octanol–water partition coefficient (Wildman–Crippen LogP) is 5.68. The number of pyridine rings is 1. The highest BCUT2D eigenvalue weighted by Gasteiger charge is 2.10. The molecule has 31 heavy (non-hydrogen) atoms. The molecule has 2 aromatic heterocycles. The molecule has 0 aliphatic heterocycles. The maximum absolute atomic E-state index is 13.7. The molecule has 0 radical (unpaired) electrons. The second-order valence-corrected chi connectivity index (χ2v) is 8.16. The molecule has 5 aromatic rings. The van der Waals surface area contributed by atoms with Gasteiger partial charge in [-0.1, -0.05) is 11.3 Å². The van der Waals surface area contributed by atoms with Crippen molar-refractivity contribution in [2.24, 2.45) is 0 Å². The van der Waals surface area contributed by atoms with Crippen molar-refractivity contribution in [3.63, 3.8) is 0 Å². The summed E-state index contributed by atoms with van der Waals surface area (Å²) in [5.41, 5.74) is 4.41. The third-order valence-corrected chi connectivity index (χ3v) is 5.37. The zero-order valence-electron chi connectivity index (χ0n) is 16.0. The van der Waals surface area contributed by atoms with E-state index in [1.807, 2.05) is 36.4 Å². The van der Waals surface area contributed by atoms with Crippen molar-refractivity contribution in [1.82, 2.24) is 20.0 Å². The van der Waals surface area contributed by atoms with Gasteiger partial charge >= 0.3 is 0 Å². The standard InChI is InChI=1S/C23H15FIN5O/c24-14-10-15(25)12-16(11-14)26-20-2-1-3-21-19(20)8-9-22(27-21)23-13-30(29-28-23)17-4-6-18(31)7-5-17/h1-13,26,31H. The number of hydrogen-bond acceptors (Lipinski definition) is 5. The lowest BCUT2D eigenvalue weighted by Crippen LogP contribution is -1.94. The second-order valence-electron chi connectivity index (χ2n) is 6.92. The van der Waals surface area contributed by atoms with E-state index in [1.54, 1.807) is 35.1 Å². The lowest BCUT2D eigenvalue weighted by atomic mass is 10.1. The zero-order chi connectivity index (χ0) is 21.4. The van der Waals surface area contributed by atoms with Gasteiger partial charge in [-0.25, -0.2) is 14.1 Å². The number of nitrogens with zero attached hydrogens (tertiary/aromatic N) is 4. The molecule has 0 unspecified atom stereocenters. The van der Waals surface area contributed by atoms with Crippen molar-refractivity contribution in [3.05, 3.63) is 88.4 Å². The first-order chi connectivity index (χ1) is 15.0. The van der Waals surface area contributed by atoms with Gasteiger partial charge in [-0.2, -0.15) is 0 Å². The van der Waals surface area contributed by atoms with Crippen LogP contribution < -0.4 is 5.32 Å². The van der Waals surface area contributed by atoms with Crippen LogP contribution in [-0.4, -0.2) is 25.1 Å². The van der Waals surface area contributed by atoms with Gasteiger partial charge in [0.2, 0.25) is 0 Å². The number of aromatic hydroxyl groups is 1. The Bertz CT molecular complexity index is 1380. The summed E-state index contributed by atoms with van der Waals surface area (Å²) in [5, 5.41) is 22.0. The fourth-order valence-electron chi connectivity index (χ4n) is 3.30. The minimum atomic E-state index is -0.285. The summed E-state index contributed by atoms with van der Waals surface area (Å²) in [6, 6.07) is 21.1. The average Bonchev–Trinajstić information content (AvgIpc) is 3.24. The Kier molecular flexibility index (Phi) is 4.99. The molecule has 8 heteroatoms. The van der Waals surface area contributed by atoms with E-state index in [0.29, 0.717) is 17.1 Å². The summed E-state index contributed by atoms with van der Waals surface area (Å²) in [5.74, 6) is -0.0931. The Hall–Kier alpha value is -3.53. The molecule has 5 rings (SSSR count). The summed E-state index contributed by atoms with van der Waals surface area (Å²) in [4.78, 5) is 4.73. The highest BCUT2D eigenvalue weighted by atomic mass is 127. The summed E-state index contributed by atoms with van der Waals surface area (Å²) in [7, 11) is 0. The van der Waals surface area contributed by atoms with Crippen LogP contribution in [0.3, 0.4) is 0 Å². The minimum absolute atomic E-state index is 0.192. The second kappa shape index (κ2) is 7.95. The minimum Gasteiger partial charge on any atom is -0.508 e. The van der Waals surface area contributed by atoms with Gasteiger partial charge in [0.25, 0.3) is 0 Å². The maximum Gasteiger partial charge on any atom is 0.131 e. The number of nitrogens with one attached hydrogen (secondary N) is 1. The number of aromatic nitrogens is 4. The van der Waals surface area contributed by atoms with Gasteiger partial charge in [0.1, 0.15) is 17.3 Å². The van der Waals surface area contributed by atoms with Crippen LogP contribution in [-0.2, 0) is 0 Å². The first-order valence-electron chi connectivity index (χ1n) is 9.40. The van der Waals surface area contributed by atoms with Crippen LogP contribution >= 0.6 is 22.6 Å². The molecule has 6 nitrogen and oxygen atoms in total. The van der Waals surface area contributed by atoms with Crippen molar-refractivity contribution in [3.8, 4) is 22.8 Å². The van der Waals surface area contributed by atoms with Gasteiger partial charge in [-0.15, -0.1) is 5.10 Å². The van der Waals surface area contributed by atoms with Crippen LogP contribution in [0.25, 0.3) is 28.0 Å². The molecule has 0 atom stereocenters. The van der Waals surface area contributed by atoms with E-state index in [2.05, 4.69) is 38.2 Å². The van der Waals surface area contributed by atoms with Crippen molar-refractivity contribution >= 4 is 44.9 Å². The van der Waals surface area contributed by atoms with Crippen LogP contribution in [0, 0.1) is 9.39 Å². The van der Waals surface area contributed by atoms with Crippen LogP contribution in [0.4, 0.5) is 15.8 Å². The lowest BCUT2D eigenvalue weighted by molar-refractivity contribution is 0.475. The molecule has 0 amide bonds. The molecule has 0 fully saturated rings. The number of benzene rings is 3. The third kappa shape index (κ3) is 4.06. The Balaban J connectivity index is 1.48. The zero-order valence-corrected chi connectivity index (χ0v) is 18.2. The first kappa shape index (κ1) is 19.4. The van der Waals surface area contributed by atoms with Crippen LogP contribution in [0.15, 0.2) is 79.0 Å². The first-order valence-corrected chi connectivity index (χ1v) is 10.5. The number of phenolic OH excluding ortho intramolecular Hbond substituents is 1. The highest BCUT2D eigenvalue weighted by Crippen LogP contribution is 2.29. The van der Waals surface area contributed by atoms with Gasteiger partial charge in [0.15, 0.2) is 0 Å². The quantitative estimate of drug-likeness (QED) is 0.297. The molecule has 3 aromatic carbocycles. The van der Waals surface area contributed by atoms with E-state index in [0.717, 1.165) is 25.8 Å². The van der Waals surface area contributed by atoms with E-state index in [-0.39, 0.29) is 11.6 Å². The fraction of sp³-hybridized carbons (Fsp3) is 0. The number of rotatable bonds is 4. The predicted molar refractivity (Wildman–Crippen MR) is 126 cm³/mol. The highest BCUT2D eigenvalue weighted by molar-refractivity contribution is 14.1. The molecule has 0 aliphatic rings. The topological polar surface area (TPSA) is 75.9 Å². The summed E-state index contributed by atoms with van der Waals surface area (Å²) in [6.07, 6.45) is 1.79. The SMILES string of the molecule is Oc1ccc(-n2cc(-c3ccc4c(Nc5cc(F)cc(I)c5)cccc4n3)nn2)cc1. The monoisotopic (exact) mass is 523 g/mol. The Morgan fingerprint density at radius 3 is 2.58 bits per heavy atom. The molecule has 2 heterocycles. The number of phenols is 1. The van der Waals surface area contributed by atoms with Gasteiger partial charge in [-0.3, -0.25) is 0 Å². The van der Waals surface area contributed by atoms with Crippen molar-refractivity contribution in [2.45, 2.75) is 0 Å². The summed E-state index contributed by atoms with van der Waals surface area (Å²) in [6.45, 7) is 0. The Morgan fingerprint density at radius 1 is 0.935 bits per heavy atom. The van der Waals surface area contributed by atoms with E-state index in [9.17, 15) is 9.50 Å². The van der Waals surface area contributed by atoms with Crippen molar-refractivity contribution in [1.29, 1.82) is 0 Å². The van der Waals surface area contributed by atoms with E-state index >= 15 is 0 Å². The average molecular weight is 523 g/mol. The summed E-state index contributed by atoms with van der Waals surface area (Å²) >= 11 is 2.09. The van der Waals surface area contributed by atoms with Gasteiger partial charge < -0.3 is 10.4 Å². The normalized spacial score (nSPS) is 11.0. The Labute approximate surface area is 190 Å². The van der Waals surface area contributed by atoms with Crippen LogP contribution in [0.5, 0.6) is 5.75 Å². The number of halogens is 2. The molecule has 0 saturated heterocycles. The molecular formula is C23H15FIN5O. The van der Waals surface area contributed by atoms with Crippen molar-refractivity contribution in [2.75, 3.05) is 5.32 Å². The third-order valence-electron chi connectivity index (χ3n) is 4.74. The number of hydrogen-bond donors (Lipinski definition) is 2. The largest absolute Gasteiger partial charge is 0.508 e. The molecule has 0 bridgehead atoms. The van der Waals surface area contributed by atoms with E-state index in [1.165, 1.54) is 12.1 Å². The molecule has 152 valence electrons. The number of anilines is 2. The van der Waals surface area contributed by atoms with Crippen molar-refractivity contribution < 1.29 is 9.50 Å². The smallest absolute Gasteiger partial charge is 0.131 e. The molecule has 2 N–H and O–H groups in total. The fourth-order valence-corrected chi connectivity index (χ4v) is 3.93. The lowest BCUT2D eigenvalue weighted by Gasteiger charge is -2.11. The van der Waals surface area contributed by atoms with Crippen LogP contribution in [0.2, 0.25) is 0 Å². The number of fused-ring (bicyclic) bond motifs is 1. The molecule has 0 spiro atoms. The molecular weight excluding hydrogens is 508 g/mol.